The lowest BCUT2D eigenvalue weighted by Crippen LogP contribution is -2.46. The lowest BCUT2D eigenvalue weighted by molar-refractivity contribution is 0.121. The quantitative estimate of drug-likeness (QED) is 0.822. The molecule has 0 radical (unpaired) electrons. The molecule has 112 valence electrons. The molecular weight excluding hydrogens is 282 g/mol. The lowest BCUT2D eigenvalue weighted by atomic mass is 10.2. The molecule has 0 bridgehead atoms. The van der Waals surface area contributed by atoms with Gasteiger partial charge in [-0.2, -0.15) is 0 Å². The standard InChI is InChI=1S/C16H21N3OS/c20-13(11-19-9-7-17-8-10-19)12-21-16-5-1-4-15-14(16)3-2-6-18-15/h1-6,13,17,20H,7-12H2/t13-/m1/s1. The fourth-order valence-corrected chi connectivity index (χ4v) is 3.61. The normalized spacial score (nSPS) is 18.0. The number of β-amino-alcohol motifs (C(OH)–C–C–N with tert-alkyl or cyclic N) is 1. The predicted octanol–water partition coefficient (Wildman–Crippen LogP) is 1.59. The smallest absolute Gasteiger partial charge is 0.0760 e. The summed E-state index contributed by atoms with van der Waals surface area (Å²) in [5.74, 6) is 0.720. The molecule has 0 saturated carbocycles. The zero-order valence-electron chi connectivity index (χ0n) is 12.0. The van der Waals surface area contributed by atoms with E-state index in [1.807, 2.05) is 24.4 Å². The van der Waals surface area contributed by atoms with Crippen LogP contribution in [0.3, 0.4) is 0 Å². The van der Waals surface area contributed by atoms with Crippen LogP contribution in [-0.4, -0.2) is 59.6 Å². The van der Waals surface area contributed by atoms with Gasteiger partial charge in [-0.3, -0.25) is 9.88 Å². The van der Waals surface area contributed by atoms with Gasteiger partial charge in [0.05, 0.1) is 11.6 Å². The van der Waals surface area contributed by atoms with Crippen molar-refractivity contribution in [1.29, 1.82) is 0 Å². The number of nitrogens with one attached hydrogen (secondary N) is 1. The van der Waals surface area contributed by atoms with E-state index in [2.05, 4.69) is 27.3 Å². The second kappa shape index (κ2) is 7.22. The van der Waals surface area contributed by atoms with Crippen molar-refractivity contribution in [1.82, 2.24) is 15.2 Å². The molecule has 0 amide bonds. The molecule has 2 heterocycles. The van der Waals surface area contributed by atoms with Gasteiger partial charge in [0, 0.05) is 55.0 Å². The Morgan fingerprint density at radius 2 is 2.10 bits per heavy atom. The molecule has 0 unspecified atom stereocenters. The molecule has 1 atom stereocenters. The van der Waals surface area contributed by atoms with E-state index in [4.69, 9.17) is 0 Å². The Kier molecular flexibility index (Phi) is 5.08. The zero-order chi connectivity index (χ0) is 14.5. The van der Waals surface area contributed by atoms with E-state index < -0.39 is 0 Å². The Bertz CT molecular complexity index is 581. The minimum atomic E-state index is -0.292. The Balaban J connectivity index is 1.58. The average molecular weight is 303 g/mol. The Hall–Kier alpha value is -1.14. The molecule has 1 aromatic carbocycles. The SMILES string of the molecule is O[C@@H](CSc1cccc2ncccc12)CN1CCNCC1. The Morgan fingerprint density at radius 3 is 2.95 bits per heavy atom. The van der Waals surface area contributed by atoms with E-state index in [1.54, 1.807) is 11.8 Å². The second-order valence-corrected chi connectivity index (χ2v) is 6.40. The monoisotopic (exact) mass is 303 g/mol. The highest BCUT2D eigenvalue weighted by Gasteiger charge is 2.14. The fourth-order valence-electron chi connectivity index (χ4n) is 2.63. The van der Waals surface area contributed by atoms with Crippen molar-refractivity contribution in [3.05, 3.63) is 36.5 Å². The van der Waals surface area contributed by atoms with Gasteiger partial charge in [-0.25, -0.2) is 0 Å². The number of aliphatic hydroxyl groups is 1. The first-order chi connectivity index (χ1) is 10.3. The van der Waals surface area contributed by atoms with E-state index >= 15 is 0 Å². The molecular formula is C16H21N3OS. The van der Waals surface area contributed by atoms with E-state index in [0.717, 1.165) is 44.0 Å². The Labute approximate surface area is 129 Å². The third kappa shape index (κ3) is 3.95. The van der Waals surface area contributed by atoms with Gasteiger partial charge < -0.3 is 10.4 Å². The minimum absolute atomic E-state index is 0.292. The summed E-state index contributed by atoms with van der Waals surface area (Å²) >= 11 is 1.71. The van der Waals surface area contributed by atoms with Crippen molar-refractivity contribution in [3.8, 4) is 0 Å². The summed E-state index contributed by atoms with van der Waals surface area (Å²) in [6, 6.07) is 10.2. The van der Waals surface area contributed by atoms with Crippen LogP contribution < -0.4 is 5.32 Å². The third-order valence-corrected chi connectivity index (χ3v) is 4.93. The molecule has 0 aliphatic carbocycles. The van der Waals surface area contributed by atoms with Gasteiger partial charge in [0.25, 0.3) is 0 Å². The number of hydrogen-bond acceptors (Lipinski definition) is 5. The summed E-state index contributed by atoms with van der Waals surface area (Å²) < 4.78 is 0. The predicted molar refractivity (Wildman–Crippen MR) is 87.8 cm³/mol. The average Bonchev–Trinajstić information content (AvgIpc) is 2.54. The van der Waals surface area contributed by atoms with Crippen molar-refractivity contribution in [2.75, 3.05) is 38.5 Å². The highest BCUT2D eigenvalue weighted by atomic mass is 32.2. The van der Waals surface area contributed by atoms with E-state index in [-0.39, 0.29) is 6.10 Å². The van der Waals surface area contributed by atoms with Gasteiger partial charge in [-0.1, -0.05) is 12.1 Å². The summed E-state index contributed by atoms with van der Waals surface area (Å²) in [7, 11) is 0. The number of pyridine rings is 1. The van der Waals surface area contributed by atoms with Gasteiger partial charge >= 0.3 is 0 Å². The molecule has 21 heavy (non-hydrogen) atoms. The molecule has 4 nitrogen and oxygen atoms in total. The number of thioether (sulfide) groups is 1. The summed E-state index contributed by atoms with van der Waals surface area (Å²) in [4.78, 5) is 7.89. The maximum absolute atomic E-state index is 10.2. The number of aliphatic hydroxyl groups excluding tert-OH is 1. The topological polar surface area (TPSA) is 48.4 Å². The van der Waals surface area contributed by atoms with Crippen LogP contribution in [0.25, 0.3) is 10.9 Å². The number of piperazine rings is 1. The maximum Gasteiger partial charge on any atom is 0.0760 e. The number of benzene rings is 1. The van der Waals surface area contributed by atoms with Crippen molar-refractivity contribution >= 4 is 22.7 Å². The molecule has 1 saturated heterocycles. The minimum Gasteiger partial charge on any atom is -0.391 e. The van der Waals surface area contributed by atoms with Gasteiger partial charge in [-0.15, -0.1) is 11.8 Å². The molecule has 2 aromatic rings. The summed E-state index contributed by atoms with van der Waals surface area (Å²) in [6.07, 6.45) is 1.52. The molecule has 5 heteroatoms. The fraction of sp³-hybridized carbons (Fsp3) is 0.438. The molecule has 1 aliphatic rings. The van der Waals surface area contributed by atoms with Crippen molar-refractivity contribution in [2.24, 2.45) is 0 Å². The maximum atomic E-state index is 10.2. The van der Waals surface area contributed by atoms with Crippen LogP contribution in [0, 0.1) is 0 Å². The highest BCUT2D eigenvalue weighted by molar-refractivity contribution is 7.99. The van der Waals surface area contributed by atoms with Crippen molar-refractivity contribution in [3.63, 3.8) is 0 Å². The number of aromatic nitrogens is 1. The highest BCUT2D eigenvalue weighted by Crippen LogP contribution is 2.27. The number of hydrogen-bond donors (Lipinski definition) is 2. The van der Waals surface area contributed by atoms with Crippen LogP contribution in [0.2, 0.25) is 0 Å². The first-order valence-corrected chi connectivity index (χ1v) is 8.39. The largest absolute Gasteiger partial charge is 0.391 e. The molecule has 1 aliphatic heterocycles. The summed E-state index contributed by atoms with van der Waals surface area (Å²) in [5, 5.41) is 14.7. The van der Waals surface area contributed by atoms with Crippen LogP contribution in [0.4, 0.5) is 0 Å². The third-order valence-electron chi connectivity index (χ3n) is 3.72. The van der Waals surface area contributed by atoms with Gasteiger partial charge in [-0.05, 0) is 18.2 Å². The van der Waals surface area contributed by atoms with Crippen LogP contribution in [-0.2, 0) is 0 Å². The molecule has 1 aromatic heterocycles. The van der Waals surface area contributed by atoms with Crippen LogP contribution in [0.5, 0.6) is 0 Å². The van der Waals surface area contributed by atoms with E-state index in [0.29, 0.717) is 0 Å². The summed E-state index contributed by atoms with van der Waals surface area (Å²) in [5.41, 5.74) is 1.01. The van der Waals surface area contributed by atoms with Gasteiger partial charge in [0.2, 0.25) is 0 Å². The van der Waals surface area contributed by atoms with Crippen LogP contribution in [0.15, 0.2) is 41.4 Å². The summed E-state index contributed by atoms with van der Waals surface area (Å²) in [6.45, 7) is 4.86. The number of fused-ring (bicyclic) bond motifs is 1. The van der Waals surface area contributed by atoms with Gasteiger partial charge in [0.15, 0.2) is 0 Å². The lowest BCUT2D eigenvalue weighted by Gasteiger charge is -2.29. The molecule has 2 N–H and O–H groups in total. The van der Waals surface area contributed by atoms with Crippen LogP contribution in [0.1, 0.15) is 0 Å². The molecule has 0 spiro atoms. The molecule has 1 fully saturated rings. The van der Waals surface area contributed by atoms with E-state index in [9.17, 15) is 5.11 Å². The second-order valence-electron chi connectivity index (χ2n) is 5.34. The van der Waals surface area contributed by atoms with Gasteiger partial charge in [0.1, 0.15) is 0 Å². The van der Waals surface area contributed by atoms with Crippen molar-refractivity contribution in [2.45, 2.75) is 11.0 Å². The molecule has 3 rings (SSSR count). The number of rotatable bonds is 5. The Morgan fingerprint density at radius 1 is 1.24 bits per heavy atom. The van der Waals surface area contributed by atoms with E-state index in [1.165, 1.54) is 10.3 Å². The zero-order valence-corrected chi connectivity index (χ0v) is 12.9. The first-order valence-electron chi connectivity index (χ1n) is 7.40. The van der Waals surface area contributed by atoms with Crippen LogP contribution >= 0.6 is 11.8 Å². The number of nitrogens with zero attached hydrogens (tertiary/aromatic N) is 2. The first kappa shape index (κ1) is 14.8. The van der Waals surface area contributed by atoms with Crippen molar-refractivity contribution < 1.29 is 5.11 Å².